The fourth-order valence-corrected chi connectivity index (χ4v) is 0.748. The summed E-state index contributed by atoms with van der Waals surface area (Å²) in [5.41, 5.74) is 0. The number of hydrogen-bond acceptors (Lipinski definition) is 2. The number of aryl methyl sites for hydroxylation is 1. The Morgan fingerprint density at radius 2 is 2.55 bits per heavy atom. The van der Waals surface area contributed by atoms with Gasteiger partial charge in [0.15, 0.2) is 0 Å². The highest BCUT2D eigenvalue weighted by atomic mass is 15.2. The zero-order valence-corrected chi connectivity index (χ0v) is 6.76. The summed E-state index contributed by atoms with van der Waals surface area (Å²) in [5, 5.41) is 3.07. The molecular weight excluding hydrogens is 138 g/mol. The van der Waals surface area contributed by atoms with E-state index >= 15 is 0 Å². The molecule has 11 heavy (non-hydrogen) atoms. The Bertz CT molecular complexity index is 277. The maximum atomic E-state index is 4.07. The van der Waals surface area contributed by atoms with E-state index in [4.69, 9.17) is 0 Å². The highest BCUT2D eigenvalue weighted by molar-refractivity contribution is 5.27. The SMILES string of the molecule is CC#CCNc1nccn1C. The Hall–Kier alpha value is -1.43. The topological polar surface area (TPSA) is 29.9 Å². The van der Waals surface area contributed by atoms with E-state index in [1.54, 1.807) is 6.20 Å². The second-order valence-electron chi connectivity index (χ2n) is 2.14. The number of imidazole rings is 1. The number of aromatic nitrogens is 2. The van der Waals surface area contributed by atoms with Crippen molar-refractivity contribution in [2.45, 2.75) is 6.92 Å². The number of rotatable bonds is 2. The van der Waals surface area contributed by atoms with Crippen LogP contribution in [0.5, 0.6) is 0 Å². The Balaban J connectivity index is 2.48. The Kier molecular flexibility index (Phi) is 2.56. The van der Waals surface area contributed by atoms with Crippen LogP contribution in [0.4, 0.5) is 5.95 Å². The van der Waals surface area contributed by atoms with Crippen molar-refractivity contribution in [3.8, 4) is 11.8 Å². The third-order valence-corrected chi connectivity index (χ3v) is 1.33. The first kappa shape index (κ1) is 7.67. The first-order valence-corrected chi connectivity index (χ1v) is 3.45. The standard InChI is InChI=1S/C8H11N3/c1-3-4-5-9-8-10-6-7-11(8)2/h6-7H,5H2,1-2H3,(H,9,10). The predicted molar refractivity (Wildman–Crippen MR) is 45.1 cm³/mol. The molecule has 0 saturated carbocycles. The molecule has 0 bridgehead atoms. The van der Waals surface area contributed by atoms with Gasteiger partial charge in [-0.05, 0) is 6.92 Å². The molecule has 1 aromatic rings. The van der Waals surface area contributed by atoms with Gasteiger partial charge in [0.2, 0.25) is 5.95 Å². The molecule has 0 atom stereocenters. The summed E-state index contributed by atoms with van der Waals surface area (Å²) in [5.74, 6) is 6.55. The second kappa shape index (κ2) is 3.67. The average Bonchev–Trinajstić information content (AvgIpc) is 2.37. The maximum absolute atomic E-state index is 4.07. The number of nitrogens with zero attached hydrogens (tertiary/aromatic N) is 2. The van der Waals surface area contributed by atoms with Crippen LogP contribution in [-0.4, -0.2) is 16.1 Å². The monoisotopic (exact) mass is 149 g/mol. The van der Waals surface area contributed by atoms with Crippen molar-refractivity contribution in [2.75, 3.05) is 11.9 Å². The van der Waals surface area contributed by atoms with E-state index in [0.717, 1.165) is 5.95 Å². The summed E-state index contributed by atoms with van der Waals surface area (Å²) in [6, 6.07) is 0. The molecule has 0 radical (unpaired) electrons. The molecule has 0 aliphatic rings. The molecule has 1 rings (SSSR count). The van der Waals surface area contributed by atoms with Crippen molar-refractivity contribution in [2.24, 2.45) is 7.05 Å². The van der Waals surface area contributed by atoms with Gasteiger partial charge in [0.05, 0.1) is 6.54 Å². The number of nitrogens with one attached hydrogen (secondary N) is 1. The van der Waals surface area contributed by atoms with E-state index in [2.05, 4.69) is 22.1 Å². The molecule has 0 fully saturated rings. The summed E-state index contributed by atoms with van der Waals surface area (Å²) in [4.78, 5) is 4.07. The minimum Gasteiger partial charge on any atom is -0.345 e. The van der Waals surface area contributed by atoms with E-state index in [1.165, 1.54) is 0 Å². The van der Waals surface area contributed by atoms with E-state index < -0.39 is 0 Å². The van der Waals surface area contributed by atoms with E-state index in [-0.39, 0.29) is 0 Å². The third kappa shape index (κ3) is 2.01. The van der Waals surface area contributed by atoms with E-state index in [9.17, 15) is 0 Å². The van der Waals surface area contributed by atoms with Crippen molar-refractivity contribution >= 4 is 5.95 Å². The fraction of sp³-hybridized carbons (Fsp3) is 0.375. The summed E-state index contributed by atoms with van der Waals surface area (Å²) in [6.45, 7) is 2.47. The quantitative estimate of drug-likeness (QED) is 0.632. The molecule has 58 valence electrons. The van der Waals surface area contributed by atoms with Crippen LogP contribution in [0.2, 0.25) is 0 Å². The van der Waals surface area contributed by atoms with Gasteiger partial charge in [0.1, 0.15) is 0 Å². The van der Waals surface area contributed by atoms with Crippen LogP contribution in [0.25, 0.3) is 0 Å². The Labute approximate surface area is 66.4 Å². The zero-order chi connectivity index (χ0) is 8.10. The van der Waals surface area contributed by atoms with Crippen molar-refractivity contribution in [1.29, 1.82) is 0 Å². The van der Waals surface area contributed by atoms with E-state index in [1.807, 2.05) is 24.7 Å². The van der Waals surface area contributed by atoms with Gasteiger partial charge in [-0.3, -0.25) is 0 Å². The lowest BCUT2D eigenvalue weighted by atomic mass is 10.6. The predicted octanol–water partition coefficient (Wildman–Crippen LogP) is 0.855. The molecule has 0 aliphatic heterocycles. The second-order valence-corrected chi connectivity index (χ2v) is 2.14. The maximum Gasteiger partial charge on any atom is 0.203 e. The smallest absolute Gasteiger partial charge is 0.203 e. The third-order valence-electron chi connectivity index (χ3n) is 1.33. The molecule has 0 unspecified atom stereocenters. The van der Waals surface area contributed by atoms with Crippen LogP contribution >= 0.6 is 0 Å². The number of hydrogen-bond donors (Lipinski definition) is 1. The molecule has 0 aromatic carbocycles. The minimum atomic E-state index is 0.654. The van der Waals surface area contributed by atoms with Crippen LogP contribution in [0.3, 0.4) is 0 Å². The molecule has 0 amide bonds. The lowest BCUT2D eigenvalue weighted by Crippen LogP contribution is -2.04. The molecule has 0 aliphatic carbocycles. The highest BCUT2D eigenvalue weighted by Crippen LogP contribution is 1.98. The van der Waals surface area contributed by atoms with Gasteiger partial charge in [0.25, 0.3) is 0 Å². The first-order chi connectivity index (χ1) is 5.34. The van der Waals surface area contributed by atoms with Gasteiger partial charge < -0.3 is 9.88 Å². The molecule has 0 spiro atoms. The van der Waals surface area contributed by atoms with Crippen molar-refractivity contribution in [3.05, 3.63) is 12.4 Å². The van der Waals surface area contributed by atoms with Crippen LogP contribution < -0.4 is 5.32 Å². The van der Waals surface area contributed by atoms with Crippen LogP contribution in [0.15, 0.2) is 12.4 Å². The minimum absolute atomic E-state index is 0.654. The van der Waals surface area contributed by atoms with Crippen molar-refractivity contribution < 1.29 is 0 Å². The molecule has 1 aromatic heterocycles. The lowest BCUT2D eigenvalue weighted by molar-refractivity contribution is 0.914. The first-order valence-electron chi connectivity index (χ1n) is 3.45. The van der Waals surface area contributed by atoms with Crippen LogP contribution in [0.1, 0.15) is 6.92 Å². The van der Waals surface area contributed by atoms with Gasteiger partial charge in [-0.2, -0.15) is 0 Å². The average molecular weight is 149 g/mol. The van der Waals surface area contributed by atoms with Gasteiger partial charge in [0, 0.05) is 19.4 Å². The lowest BCUT2D eigenvalue weighted by Gasteiger charge is -1.99. The zero-order valence-electron chi connectivity index (χ0n) is 6.76. The molecule has 1 heterocycles. The highest BCUT2D eigenvalue weighted by Gasteiger charge is 1.93. The summed E-state index contributed by atoms with van der Waals surface area (Å²) >= 11 is 0. The fourth-order valence-electron chi connectivity index (χ4n) is 0.748. The molecule has 3 heteroatoms. The van der Waals surface area contributed by atoms with Crippen molar-refractivity contribution in [1.82, 2.24) is 9.55 Å². The molecule has 1 N–H and O–H groups in total. The Morgan fingerprint density at radius 3 is 3.09 bits per heavy atom. The van der Waals surface area contributed by atoms with Gasteiger partial charge in [-0.15, -0.1) is 5.92 Å². The largest absolute Gasteiger partial charge is 0.345 e. The summed E-state index contributed by atoms with van der Waals surface area (Å²) in [7, 11) is 1.94. The van der Waals surface area contributed by atoms with E-state index in [0.29, 0.717) is 6.54 Å². The van der Waals surface area contributed by atoms with Gasteiger partial charge in [-0.25, -0.2) is 4.98 Å². The normalized spacial score (nSPS) is 8.55. The van der Waals surface area contributed by atoms with Crippen molar-refractivity contribution in [3.63, 3.8) is 0 Å². The number of anilines is 1. The molecule has 0 saturated heterocycles. The molecule has 3 nitrogen and oxygen atoms in total. The van der Waals surface area contributed by atoms with Gasteiger partial charge >= 0.3 is 0 Å². The summed E-state index contributed by atoms with van der Waals surface area (Å²) < 4.78 is 1.91. The van der Waals surface area contributed by atoms with Crippen LogP contribution in [0, 0.1) is 11.8 Å². The van der Waals surface area contributed by atoms with Crippen LogP contribution in [-0.2, 0) is 7.05 Å². The summed E-state index contributed by atoms with van der Waals surface area (Å²) in [6.07, 6.45) is 3.64. The van der Waals surface area contributed by atoms with Gasteiger partial charge in [-0.1, -0.05) is 5.92 Å². The Morgan fingerprint density at radius 1 is 1.73 bits per heavy atom. The molecular formula is C8H11N3.